The minimum atomic E-state index is 0.232. The van der Waals surface area contributed by atoms with Crippen molar-refractivity contribution in [1.82, 2.24) is 20.2 Å². The lowest BCUT2D eigenvalue weighted by Crippen LogP contribution is -2.00. The molecule has 1 fully saturated rings. The molecule has 2 aromatic heterocycles. The monoisotopic (exact) mass is 418 g/mol. The summed E-state index contributed by atoms with van der Waals surface area (Å²) >= 11 is 6.45. The molecule has 0 aliphatic heterocycles. The summed E-state index contributed by atoms with van der Waals surface area (Å²) in [6, 6.07) is 17.1. The highest BCUT2D eigenvalue weighted by Gasteiger charge is 2.42. The fourth-order valence-corrected chi connectivity index (χ4v) is 4.25. The summed E-state index contributed by atoms with van der Waals surface area (Å²) in [4.78, 5) is 8.42. The predicted molar refractivity (Wildman–Crippen MR) is 115 cm³/mol. The molecule has 7 heteroatoms. The van der Waals surface area contributed by atoms with Crippen LogP contribution in [-0.4, -0.2) is 34.4 Å². The molecule has 6 nitrogen and oxygen atoms in total. The zero-order chi connectivity index (χ0) is 20.7. The van der Waals surface area contributed by atoms with Gasteiger partial charge in [0, 0.05) is 6.20 Å². The Labute approximate surface area is 178 Å². The van der Waals surface area contributed by atoms with E-state index >= 15 is 0 Å². The molecule has 0 bridgehead atoms. The quantitative estimate of drug-likeness (QED) is 0.452. The summed E-state index contributed by atoms with van der Waals surface area (Å²) in [6.07, 6.45) is 2.65. The lowest BCUT2D eigenvalue weighted by Gasteiger charge is -2.10. The lowest BCUT2D eigenvalue weighted by atomic mass is 9.98. The highest BCUT2D eigenvalue weighted by atomic mass is 35.5. The average Bonchev–Trinajstić information content (AvgIpc) is 3.59. The summed E-state index contributed by atoms with van der Waals surface area (Å²) in [5.41, 5.74) is 3.60. The molecule has 1 saturated carbocycles. The number of hydrogen-bond acceptors (Lipinski definition) is 6. The SMILES string of the molecule is COc1ncc(-c2cc(C3CC3c3cccc4ccccc34)c(Cl)nn2)c(OC)n1. The Morgan fingerprint density at radius 1 is 0.933 bits per heavy atom. The van der Waals surface area contributed by atoms with Gasteiger partial charge < -0.3 is 9.47 Å². The number of rotatable bonds is 5. The van der Waals surface area contributed by atoms with Crippen LogP contribution in [0.1, 0.15) is 29.4 Å². The van der Waals surface area contributed by atoms with Gasteiger partial charge in [-0.3, -0.25) is 0 Å². The van der Waals surface area contributed by atoms with Gasteiger partial charge in [-0.15, -0.1) is 10.2 Å². The third-order valence-electron chi connectivity index (χ3n) is 5.57. The van der Waals surface area contributed by atoms with Crippen LogP contribution >= 0.6 is 11.6 Å². The smallest absolute Gasteiger partial charge is 0.319 e. The maximum absolute atomic E-state index is 6.45. The molecule has 0 radical (unpaired) electrons. The fraction of sp³-hybridized carbons (Fsp3) is 0.217. The number of ether oxygens (including phenoxy) is 2. The second-order valence-electron chi connectivity index (χ2n) is 7.27. The first-order valence-corrected chi connectivity index (χ1v) is 10.0. The van der Waals surface area contributed by atoms with E-state index in [1.54, 1.807) is 13.3 Å². The molecule has 0 N–H and O–H groups in total. The van der Waals surface area contributed by atoms with Gasteiger partial charge in [-0.25, -0.2) is 4.98 Å². The Morgan fingerprint density at radius 3 is 2.57 bits per heavy atom. The molecule has 2 heterocycles. The lowest BCUT2D eigenvalue weighted by molar-refractivity contribution is 0.353. The normalized spacial score (nSPS) is 17.7. The van der Waals surface area contributed by atoms with E-state index in [1.807, 2.05) is 6.07 Å². The van der Waals surface area contributed by atoms with Crippen molar-refractivity contribution >= 4 is 22.4 Å². The van der Waals surface area contributed by atoms with Crippen LogP contribution in [0.15, 0.2) is 54.7 Å². The van der Waals surface area contributed by atoms with Crippen molar-refractivity contribution in [3.8, 4) is 23.1 Å². The van der Waals surface area contributed by atoms with Crippen molar-refractivity contribution in [1.29, 1.82) is 0 Å². The highest BCUT2D eigenvalue weighted by molar-refractivity contribution is 6.30. The molecule has 1 aliphatic carbocycles. The molecule has 2 aromatic carbocycles. The van der Waals surface area contributed by atoms with Gasteiger partial charge in [-0.1, -0.05) is 54.1 Å². The van der Waals surface area contributed by atoms with E-state index in [2.05, 4.69) is 62.6 Å². The molecular formula is C23H19ClN4O2. The molecule has 0 amide bonds. The average molecular weight is 419 g/mol. The molecule has 0 spiro atoms. The van der Waals surface area contributed by atoms with Gasteiger partial charge >= 0.3 is 6.01 Å². The number of methoxy groups -OCH3 is 2. The maximum Gasteiger partial charge on any atom is 0.319 e. The van der Waals surface area contributed by atoms with Crippen LogP contribution in [0.5, 0.6) is 11.9 Å². The highest BCUT2D eigenvalue weighted by Crippen LogP contribution is 2.57. The molecule has 5 rings (SSSR count). The molecule has 0 saturated heterocycles. The Balaban J connectivity index is 1.51. The van der Waals surface area contributed by atoms with Gasteiger partial charge in [0.1, 0.15) is 5.69 Å². The minimum Gasteiger partial charge on any atom is -0.480 e. The third-order valence-corrected chi connectivity index (χ3v) is 5.87. The fourth-order valence-electron chi connectivity index (χ4n) is 4.02. The molecular weight excluding hydrogens is 400 g/mol. The van der Waals surface area contributed by atoms with Gasteiger partial charge in [0.15, 0.2) is 5.15 Å². The first-order valence-electron chi connectivity index (χ1n) is 9.65. The van der Waals surface area contributed by atoms with Gasteiger partial charge in [-0.2, -0.15) is 4.98 Å². The molecule has 30 heavy (non-hydrogen) atoms. The van der Waals surface area contributed by atoms with Crippen molar-refractivity contribution in [2.45, 2.75) is 18.3 Å². The van der Waals surface area contributed by atoms with Crippen molar-refractivity contribution in [2.75, 3.05) is 14.2 Å². The number of halogens is 1. The Bertz CT molecular complexity index is 1240. The van der Waals surface area contributed by atoms with E-state index in [0.29, 0.717) is 34.1 Å². The van der Waals surface area contributed by atoms with E-state index in [9.17, 15) is 0 Å². The minimum absolute atomic E-state index is 0.232. The van der Waals surface area contributed by atoms with E-state index in [0.717, 1.165) is 12.0 Å². The number of hydrogen-bond donors (Lipinski definition) is 0. The zero-order valence-electron chi connectivity index (χ0n) is 16.5. The van der Waals surface area contributed by atoms with E-state index < -0.39 is 0 Å². The first-order chi connectivity index (χ1) is 14.7. The van der Waals surface area contributed by atoms with Crippen LogP contribution in [0.3, 0.4) is 0 Å². The summed E-state index contributed by atoms with van der Waals surface area (Å²) in [5, 5.41) is 11.4. The summed E-state index contributed by atoms with van der Waals surface area (Å²) in [6.45, 7) is 0. The van der Waals surface area contributed by atoms with E-state index in [-0.39, 0.29) is 6.01 Å². The van der Waals surface area contributed by atoms with Crippen molar-refractivity contribution in [3.05, 3.63) is 71.0 Å². The van der Waals surface area contributed by atoms with Gasteiger partial charge in [0.05, 0.1) is 19.8 Å². The number of aromatic nitrogens is 4. The van der Waals surface area contributed by atoms with Crippen molar-refractivity contribution in [3.63, 3.8) is 0 Å². The van der Waals surface area contributed by atoms with Crippen molar-refractivity contribution < 1.29 is 9.47 Å². The number of nitrogens with zero attached hydrogens (tertiary/aromatic N) is 4. The van der Waals surface area contributed by atoms with Gasteiger partial charge in [-0.05, 0) is 46.2 Å². The number of fused-ring (bicyclic) bond motifs is 1. The Hall–Kier alpha value is -3.25. The Kier molecular flexibility index (Phi) is 4.71. The standard InChI is InChI=1S/C23H19ClN4O2/c1-29-22-19(12-25-23(26-22)30-2)20-11-18(21(24)28-27-20)17-10-16(17)15-9-5-7-13-6-3-4-8-14(13)15/h3-9,11-12,16-17H,10H2,1-2H3. The topological polar surface area (TPSA) is 70.0 Å². The largest absolute Gasteiger partial charge is 0.480 e. The van der Waals surface area contributed by atoms with Gasteiger partial charge in [0.25, 0.3) is 0 Å². The third kappa shape index (κ3) is 3.23. The van der Waals surface area contributed by atoms with Crippen LogP contribution in [0.2, 0.25) is 5.15 Å². The molecule has 150 valence electrons. The maximum atomic E-state index is 6.45. The molecule has 4 aromatic rings. The van der Waals surface area contributed by atoms with E-state index in [4.69, 9.17) is 21.1 Å². The summed E-state index contributed by atoms with van der Waals surface area (Å²) < 4.78 is 10.5. The number of benzene rings is 2. The van der Waals surface area contributed by atoms with Crippen LogP contribution < -0.4 is 9.47 Å². The molecule has 2 atom stereocenters. The summed E-state index contributed by atoms with van der Waals surface area (Å²) in [5.74, 6) is 1.08. The van der Waals surface area contributed by atoms with Crippen LogP contribution in [0.25, 0.3) is 22.0 Å². The van der Waals surface area contributed by atoms with Crippen LogP contribution in [0.4, 0.5) is 0 Å². The predicted octanol–water partition coefficient (Wildman–Crippen LogP) is 5.03. The summed E-state index contributed by atoms with van der Waals surface area (Å²) in [7, 11) is 3.06. The van der Waals surface area contributed by atoms with Crippen LogP contribution in [0, 0.1) is 0 Å². The van der Waals surface area contributed by atoms with Gasteiger partial charge in [0.2, 0.25) is 5.88 Å². The van der Waals surface area contributed by atoms with Crippen molar-refractivity contribution in [2.24, 2.45) is 0 Å². The molecule has 2 unspecified atom stereocenters. The Morgan fingerprint density at radius 2 is 1.73 bits per heavy atom. The second kappa shape index (κ2) is 7.54. The van der Waals surface area contributed by atoms with Crippen LogP contribution in [-0.2, 0) is 0 Å². The van der Waals surface area contributed by atoms with E-state index in [1.165, 1.54) is 23.4 Å². The molecule has 1 aliphatic rings. The zero-order valence-corrected chi connectivity index (χ0v) is 17.3. The second-order valence-corrected chi connectivity index (χ2v) is 7.63. The first kappa shape index (κ1) is 18.8.